The molecule has 0 aliphatic carbocycles. The van der Waals surface area contributed by atoms with Crippen molar-refractivity contribution in [2.45, 2.75) is 13.0 Å². The highest BCUT2D eigenvalue weighted by molar-refractivity contribution is 9.10. The molecule has 0 amide bonds. The molecule has 0 aliphatic heterocycles. The van der Waals surface area contributed by atoms with E-state index in [1.807, 2.05) is 18.2 Å². The molecule has 0 bridgehead atoms. The van der Waals surface area contributed by atoms with E-state index in [0.717, 1.165) is 22.2 Å². The van der Waals surface area contributed by atoms with Crippen molar-refractivity contribution >= 4 is 27.3 Å². The second-order valence-corrected chi connectivity index (χ2v) is 5.58. The van der Waals surface area contributed by atoms with Gasteiger partial charge in [0.25, 0.3) is 0 Å². The molecule has 1 aromatic heterocycles. The minimum atomic E-state index is 0.502. The molecule has 90 valence electrons. The standard InChI is InChI=1S/C13H14BrNOS/c14-11-4-3-10(9-15)13(8-11)16-6-5-12-2-1-7-17-12/h1-4,7-8H,5-6,9,15H2. The zero-order chi connectivity index (χ0) is 12.1. The van der Waals surface area contributed by atoms with Gasteiger partial charge in [-0.1, -0.05) is 28.1 Å². The quantitative estimate of drug-likeness (QED) is 0.916. The van der Waals surface area contributed by atoms with Crippen LogP contribution in [0, 0.1) is 0 Å². The van der Waals surface area contributed by atoms with Crippen molar-refractivity contribution in [3.8, 4) is 5.75 Å². The maximum Gasteiger partial charge on any atom is 0.124 e. The zero-order valence-electron chi connectivity index (χ0n) is 9.36. The second kappa shape index (κ2) is 6.19. The first kappa shape index (κ1) is 12.6. The van der Waals surface area contributed by atoms with Gasteiger partial charge in [-0.2, -0.15) is 0 Å². The molecular formula is C13H14BrNOS. The predicted molar refractivity (Wildman–Crippen MR) is 75.6 cm³/mol. The summed E-state index contributed by atoms with van der Waals surface area (Å²) in [6.07, 6.45) is 0.939. The Morgan fingerprint density at radius 3 is 2.88 bits per heavy atom. The lowest BCUT2D eigenvalue weighted by Gasteiger charge is -2.10. The Balaban J connectivity index is 1.96. The molecule has 0 radical (unpaired) electrons. The Morgan fingerprint density at radius 2 is 2.18 bits per heavy atom. The molecule has 2 aromatic rings. The van der Waals surface area contributed by atoms with Crippen LogP contribution in [0.1, 0.15) is 10.4 Å². The molecule has 0 fully saturated rings. The van der Waals surface area contributed by atoms with Gasteiger partial charge in [-0.15, -0.1) is 11.3 Å². The van der Waals surface area contributed by atoms with Gasteiger partial charge < -0.3 is 10.5 Å². The number of hydrogen-bond acceptors (Lipinski definition) is 3. The van der Waals surface area contributed by atoms with Crippen LogP contribution < -0.4 is 10.5 Å². The van der Waals surface area contributed by atoms with Crippen molar-refractivity contribution in [2.75, 3.05) is 6.61 Å². The summed E-state index contributed by atoms with van der Waals surface area (Å²) >= 11 is 5.19. The van der Waals surface area contributed by atoms with Gasteiger partial charge in [-0.25, -0.2) is 0 Å². The highest BCUT2D eigenvalue weighted by Gasteiger charge is 2.03. The molecule has 17 heavy (non-hydrogen) atoms. The van der Waals surface area contributed by atoms with E-state index in [9.17, 15) is 0 Å². The van der Waals surface area contributed by atoms with E-state index in [0.29, 0.717) is 13.2 Å². The fraction of sp³-hybridized carbons (Fsp3) is 0.231. The summed E-state index contributed by atoms with van der Waals surface area (Å²) < 4.78 is 6.79. The van der Waals surface area contributed by atoms with Crippen LogP contribution in [-0.4, -0.2) is 6.61 Å². The van der Waals surface area contributed by atoms with Crippen molar-refractivity contribution in [2.24, 2.45) is 5.73 Å². The van der Waals surface area contributed by atoms with Crippen molar-refractivity contribution in [1.29, 1.82) is 0 Å². The summed E-state index contributed by atoms with van der Waals surface area (Å²) in [6, 6.07) is 10.1. The Labute approximate surface area is 114 Å². The van der Waals surface area contributed by atoms with Gasteiger partial charge in [0, 0.05) is 27.9 Å². The Morgan fingerprint density at radius 1 is 1.29 bits per heavy atom. The second-order valence-electron chi connectivity index (χ2n) is 3.63. The monoisotopic (exact) mass is 311 g/mol. The number of hydrogen-bond donors (Lipinski definition) is 1. The summed E-state index contributed by atoms with van der Waals surface area (Å²) in [5.74, 6) is 0.874. The van der Waals surface area contributed by atoms with Crippen molar-refractivity contribution in [1.82, 2.24) is 0 Å². The summed E-state index contributed by atoms with van der Waals surface area (Å²) in [5, 5.41) is 2.08. The van der Waals surface area contributed by atoms with Gasteiger partial charge in [0.2, 0.25) is 0 Å². The van der Waals surface area contributed by atoms with Crippen LogP contribution in [0.3, 0.4) is 0 Å². The molecule has 0 atom stereocenters. The molecule has 0 saturated heterocycles. The molecule has 2 rings (SSSR count). The van der Waals surface area contributed by atoms with E-state index in [2.05, 4.69) is 33.4 Å². The molecule has 0 unspecified atom stereocenters. The van der Waals surface area contributed by atoms with Crippen LogP contribution in [0.2, 0.25) is 0 Å². The van der Waals surface area contributed by atoms with Crippen molar-refractivity contribution in [3.63, 3.8) is 0 Å². The minimum Gasteiger partial charge on any atom is -0.493 e. The average molecular weight is 312 g/mol. The number of halogens is 1. The lowest BCUT2D eigenvalue weighted by atomic mass is 10.2. The number of nitrogens with two attached hydrogens (primary N) is 1. The van der Waals surface area contributed by atoms with E-state index < -0.39 is 0 Å². The first-order valence-corrected chi connectivity index (χ1v) is 7.10. The fourth-order valence-corrected chi connectivity index (χ4v) is 2.58. The SMILES string of the molecule is NCc1ccc(Br)cc1OCCc1cccs1. The highest BCUT2D eigenvalue weighted by Crippen LogP contribution is 2.23. The smallest absolute Gasteiger partial charge is 0.124 e. The number of benzene rings is 1. The maximum absolute atomic E-state index is 5.78. The van der Waals surface area contributed by atoms with Crippen LogP contribution in [0.4, 0.5) is 0 Å². The van der Waals surface area contributed by atoms with E-state index in [1.165, 1.54) is 4.88 Å². The lowest BCUT2D eigenvalue weighted by molar-refractivity contribution is 0.319. The van der Waals surface area contributed by atoms with Crippen LogP contribution >= 0.6 is 27.3 Å². The van der Waals surface area contributed by atoms with E-state index in [-0.39, 0.29) is 0 Å². The normalized spacial score (nSPS) is 10.5. The average Bonchev–Trinajstić information content (AvgIpc) is 2.82. The van der Waals surface area contributed by atoms with Crippen LogP contribution in [0.25, 0.3) is 0 Å². The van der Waals surface area contributed by atoms with Gasteiger partial charge in [-0.3, -0.25) is 0 Å². The highest BCUT2D eigenvalue weighted by atomic mass is 79.9. The fourth-order valence-electron chi connectivity index (χ4n) is 1.55. The molecule has 2 nitrogen and oxygen atoms in total. The predicted octanol–water partition coefficient (Wildman–Crippen LogP) is 3.59. The molecule has 0 saturated carbocycles. The maximum atomic E-state index is 5.78. The lowest BCUT2D eigenvalue weighted by Crippen LogP contribution is -2.05. The van der Waals surface area contributed by atoms with Crippen LogP contribution in [0.15, 0.2) is 40.2 Å². The third-order valence-electron chi connectivity index (χ3n) is 2.44. The summed E-state index contributed by atoms with van der Waals surface area (Å²) in [5.41, 5.74) is 6.71. The third-order valence-corrected chi connectivity index (χ3v) is 3.86. The van der Waals surface area contributed by atoms with Crippen molar-refractivity contribution in [3.05, 3.63) is 50.6 Å². The van der Waals surface area contributed by atoms with Crippen LogP contribution in [-0.2, 0) is 13.0 Å². The zero-order valence-corrected chi connectivity index (χ0v) is 11.8. The summed E-state index contributed by atoms with van der Waals surface area (Å²) in [4.78, 5) is 1.34. The van der Waals surface area contributed by atoms with Gasteiger partial charge in [0.15, 0.2) is 0 Å². The summed E-state index contributed by atoms with van der Waals surface area (Å²) in [7, 11) is 0. The summed E-state index contributed by atoms with van der Waals surface area (Å²) in [6.45, 7) is 1.19. The van der Waals surface area contributed by atoms with E-state index >= 15 is 0 Å². The molecule has 0 aliphatic rings. The topological polar surface area (TPSA) is 35.2 Å². The molecular weight excluding hydrogens is 298 g/mol. The van der Waals surface area contributed by atoms with Gasteiger partial charge in [0.1, 0.15) is 5.75 Å². The molecule has 1 heterocycles. The Kier molecular flexibility index (Phi) is 4.59. The molecule has 0 spiro atoms. The van der Waals surface area contributed by atoms with Gasteiger partial charge >= 0.3 is 0 Å². The van der Waals surface area contributed by atoms with E-state index in [1.54, 1.807) is 11.3 Å². The molecule has 2 N–H and O–H groups in total. The first-order chi connectivity index (χ1) is 8.29. The number of thiophene rings is 1. The largest absolute Gasteiger partial charge is 0.493 e. The van der Waals surface area contributed by atoms with Gasteiger partial charge in [0.05, 0.1) is 6.61 Å². The number of ether oxygens (including phenoxy) is 1. The van der Waals surface area contributed by atoms with Crippen LogP contribution in [0.5, 0.6) is 5.75 Å². The molecule has 1 aromatic carbocycles. The minimum absolute atomic E-state index is 0.502. The Bertz CT molecular complexity index is 470. The first-order valence-electron chi connectivity index (χ1n) is 5.43. The van der Waals surface area contributed by atoms with Gasteiger partial charge in [-0.05, 0) is 23.6 Å². The van der Waals surface area contributed by atoms with Crippen molar-refractivity contribution < 1.29 is 4.74 Å². The Hall–Kier alpha value is -0.840. The van der Waals surface area contributed by atoms with E-state index in [4.69, 9.17) is 10.5 Å². The number of rotatable bonds is 5. The third kappa shape index (κ3) is 3.56. The molecule has 4 heteroatoms.